The minimum absolute atomic E-state index is 0.207. The summed E-state index contributed by atoms with van der Waals surface area (Å²) in [6.07, 6.45) is 7.35. The molecular formula is C20H23FN6S. The minimum atomic E-state index is -0.207. The highest BCUT2D eigenvalue weighted by atomic mass is 32.2. The van der Waals surface area contributed by atoms with Crippen LogP contribution in [0.4, 0.5) is 4.39 Å². The number of aromatic nitrogens is 3. The van der Waals surface area contributed by atoms with Gasteiger partial charge in [-0.3, -0.25) is 4.99 Å². The molecule has 2 aromatic heterocycles. The SMILES string of the molecule is CN=C(NCc1ccnc(-n2cccn2)c1)NCc1ccc(F)cc1CSC. The van der Waals surface area contributed by atoms with Crippen molar-refractivity contribution in [2.24, 2.45) is 4.99 Å². The van der Waals surface area contributed by atoms with Crippen LogP contribution in [0.1, 0.15) is 16.7 Å². The van der Waals surface area contributed by atoms with Gasteiger partial charge < -0.3 is 10.6 Å². The average molecular weight is 399 g/mol. The molecule has 0 atom stereocenters. The van der Waals surface area contributed by atoms with E-state index in [0.717, 1.165) is 28.3 Å². The Kier molecular flexibility index (Phi) is 7.02. The Balaban J connectivity index is 1.59. The summed E-state index contributed by atoms with van der Waals surface area (Å²) >= 11 is 1.67. The van der Waals surface area contributed by atoms with Gasteiger partial charge in [-0.25, -0.2) is 14.1 Å². The van der Waals surface area contributed by atoms with Gasteiger partial charge in [-0.15, -0.1) is 0 Å². The highest BCUT2D eigenvalue weighted by Crippen LogP contribution is 2.16. The lowest BCUT2D eigenvalue weighted by Crippen LogP contribution is -2.36. The van der Waals surface area contributed by atoms with Crippen LogP contribution >= 0.6 is 11.8 Å². The number of aliphatic imine (C=N–C) groups is 1. The van der Waals surface area contributed by atoms with Crippen LogP contribution in [0.2, 0.25) is 0 Å². The smallest absolute Gasteiger partial charge is 0.191 e. The second-order valence-corrected chi connectivity index (χ2v) is 6.96. The van der Waals surface area contributed by atoms with Crippen LogP contribution in [0.5, 0.6) is 0 Å². The van der Waals surface area contributed by atoms with E-state index in [1.807, 2.05) is 36.7 Å². The van der Waals surface area contributed by atoms with Crippen LogP contribution in [0.15, 0.2) is 60.0 Å². The third-order valence-corrected chi connectivity index (χ3v) is 4.75. The third kappa shape index (κ3) is 5.32. The zero-order valence-electron chi connectivity index (χ0n) is 15.9. The van der Waals surface area contributed by atoms with Crippen LogP contribution in [0.3, 0.4) is 0 Å². The van der Waals surface area contributed by atoms with Crippen molar-refractivity contribution < 1.29 is 4.39 Å². The number of guanidine groups is 1. The Morgan fingerprint density at radius 1 is 1.14 bits per heavy atom. The van der Waals surface area contributed by atoms with Gasteiger partial charge in [-0.05, 0) is 53.3 Å². The van der Waals surface area contributed by atoms with Crippen molar-refractivity contribution in [3.05, 3.63) is 77.5 Å². The Labute approximate surface area is 168 Å². The first-order valence-electron chi connectivity index (χ1n) is 8.85. The molecule has 0 bridgehead atoms. The molecule has 1 aromatic carbocycles. The molecule has 6 nitrogen and oxygen atoms in total. The number of halogens is 1. The van der Waals surface area contributed by atoms with Gasteiger partial charge in [0.2, 0.25) is 0 Å². The summed E-state index contributed by atoms with van der Waals surface area (Å²) in [7, 11) is 1.73. The zero-order chi connectivity index (χ0) is 19.8. The molecule has 0 aliphatic carbocycles. The van der Waals surface area contributed by atoms with Crippen LogP contribution in [0, 0.1) is 5.82 Å². The van der Waals surface area contributed by atoms with Gasteiger partial charge in [0.25, 0.3) is 0 Å². The number of thioether (sulfide) groups is 1. The van der Waals surface area contributed by atoms with Crippen molar-refractivity contribution in [3.8, 4) is 5.82 Å². The van der Waals surface area contributed by atoms with Crippen molar-refractivity contribution in [2.45, 2.75) is 18.8 Å². The van der Waals surface area contributed by atoms with Crippen molar-refractivity contribution in [2.75, 3.05) is 13.3 Å². The fourth-order valence-electron chi connectivity index (χ4n) is 2.74. The van der Waals surface area contributed by atoms with Gasteiger partial charge in [0.1, 0.15) is 5.82 Å². The molecular weight excluding hydrogens is 375 g/mol. The number of hydrogen-bond acceptors (Lipinski definition) is 4. The van der Waals surface area contributed by atoms with E-state index in [1.165, 1.54) is 6.07 Å². The topological polar surface area (TPSA) is 67.1 Å². The molecule has 0 aliphatic rings. The molecule has 0 aliphatic heterocycles. The first kappa shape index (κ1) is 19.9. The van der Waals surface area contributed by atoms with Crippen molar-refractivity contribution >= 4 is 17.7 Å². The molecule has 146 valence electrons. The van der Waals surface area contributed by atoms with Gasteiger partial charge in [-0.2, -0.15) is 16.9 Å². The summed E-state index contributed by atoms with van der Waals surface area (Å²) < 4.78 is 15.2. The standard InChI is InChI=1S/C20H23FN6S/c1-22-20(25-13-16-4-5-18(21)11-17(16)14-28-2)24-12-15-6-8-23-19(10-15)27-9-3-7-26-27/h3-11H,12-14H2,1-2H3,(H2,22,24,25). The molecule has 0 fully saturated rings. The molecule has 0 amide bonds. The Morgan fingerprint density at radius 3 is 2.75 bits per heavy atom. The van der Waals surface area contributed by atoms with Crippen molar-refractivity contribution in [1.82, 2.24) is 25.4 Å². The molecule has 28 heavy (non-hydrogen) atoms. The molecule has 0 spiro atoms. The van der Waals surface area contributed by atoms with Crippen molar-refractivity contribution in [3.63, 3.8) is 0 Å². The molecule has 0 saturated heterocycles. The maximum atomic E-state index is 13.5. The average Bonchev–Trinajstić information content (AvgIpc) is 3.25. The minimum Gasteiger partial charge on any atom is -0.352 e. The zero-order valence-corrected chi connectivity index (χ0v) is 16.7. The number of nitrogens with zero attached hydrogens (tertiary/aromatic N) is 4. The summed E-state index contributed by atoms with van der Waals surface area (Å²) in [6, 6.07) is 10.7. The third-order valence-electron chi connectivity index (χ3n) is 4.15. The number of pyridine rings is 1. The van der Waals surface area contributed by atoms with E-state index < -0.39 is 0 Å². The Bertz CT molecular complexity index is 926. The van der Waals surface area contributed by atoms with Gasteiger partial charge >= 0.3 is 0 Å². The van der Waals surface area contributed by atoms with E-state index >= 15 is 0 Å². The number of hydrogen-bond donors (Lipinski definition) is 2. The van der Waals surface area contributed by atoms with Gasteiger partial charge in [0.15, 0.2) is 11.8 Å². The van der Waals surface area contributed by atoms with E-state index in [-0.39, 0.29) is 5.82 Å². The molecule has 0 unspecified atom stereocenters. The van der Waals surface area contributed by atoms with Gasteiger partial charge in [0.05, 0.1) is 0 Å². The Hall–Kier alpha value is -2.87. The second kappa shape index (κ2) is 9.89. The maximum Gasteiger partial charge on any atom is 0.191 e. The largest absolute Gasteiger partial charge is 0.352 e. The summed E-state index contributed by atoms with van der Waals surface area (Å²) in [4.78, 5) is 8.60. The summed E-state index contributed by atoms with van der Waals surface area (Å²) in [5.41, 5.74) is 3.12. The molecule has 8 heteroatoms. The predicted octanol–water partition coefficient (Wildman–Crippen LogP) is 3.13. The molecule has 3 rings (SSSR count). The normalized spacial score (nSPS) is 11.5. The van der Waals surface area contributed by atoms with Gasteiger partial charge in [-0.1, -0.05) is 6.07 Å². The molecule has 0 saturated carbocycles. The van der Waals surface area contributed by atoms with Crippen LogP contribution in [-0.2, 0) is 18.8 Å². The number of rotatable bonds is 7. The lowest BCUT2D eigenvalue weighted by molar-refractivity contribution is 0.625. The van der Waals surface area contributed by atoms with Gasteiger partial charge in [0, 0.05) is 44.5 Å². The quantitative estimate of drug-likeness (QED) is 0.473. The highest BCUT2D eigenvalue weighted by molar-refractivity contribution is 7.97. The van der Waals surface area contributed by atoms with E-state index in [4.69, 9.17) is 0 Å². The number of nitrogens with one attached hydrogen (secondary N) is 2. The molecule has 3 aromatic rings. The molecule has 2 N–H and O–H groups in total. The predicted molar refractivity (Wildman–Crippen MR) is 112 cm³/mol. The second-order valence-electron chi connectivity index (χ2n) is 6.10. The first-order chi connectivity index (χ1) is 13.7. The van der Waals surface area contributed by atoms with E-state index in [0.29, 0.717) is 19.0 Å². The molecule has 2 heterocycles. The summed E-state index contributed by atoms with van der Waals surface area (Å²) in [5.74, 6) is 2.01. The fraction of sp³-hybridized carbons (Fsp3) is 0.250. The number of benzene rings is 1. The maximum absolute atomic E-state index is 13.5. The van der Waals surface area contributed by atoms with E-state index in [1.54, 1.807) is 42.0 Å². The lowest BCUT2D eigenvalue weighted by Gasteiger charge is -2.14. The van der Waals surface area contributed by atoms with Crippen molar-refractivity contribution in [1.29, 1.82) is 0 Å². The first-order valence-corrected chi connectivity index (χ1v) is 10.2. The summed E-state index contributed by atoms with van der Waals surface area (Å²) in [5, 5.41) is 10.8. The fourth-order valence-corrected chi connectivity index (χ4v) is 3.32. The van der Waals surface area contributed by atoms with E-state index in [2.05, 4.69) is 25.7 Å². The molecule has 0 radical (unpaired) electrons. The lowest BCUT2D eigenvalue weighted by atomic mass is 10.1. The summed E-state index contributed by atoms with van der Waals surface area (Å²) in [6.45, 7) is 1.17. The monoisotopic (exact) mass is 398 g/mol. The van der Waals surface area contributed by atoms with E-state index in [9.17, 15) is 4.39 Å². The van der Waals surface area contributed by atoms with Crippen LogP contribution in [-0.4, -0.2) is 34.0 Å². The van der Waals surface area contributed by atoms with Crippen LogP contribution < -0.4 is 10.6 Å². The Morgan fingerprint density at radius 2 is 2.00 bits per heavy atom. The highest BCUT2D eigenvalue weighted by Gasteiger charge is 2.06. The van der Waals surface area contributed by atoms with Crippen LogP contribution in [0.25, 0.3) is 5.82 Å².